The SMILES string of the molecule is CN=C(NCc1nc(-c2cccc(Cl)c2)no1)NC(C)COC. The second kappa shape index (κ2) is 8.50. The molecule has 1 atom stereocenters. The highest BCUT2D eigenvalue weighted by molar-refractivity contribution is 6.30. The first-order valence-corrected chi connectivity index (χ1v) is 7.54. The molecule has 7 nitrogen and oxygen atoms in total. The quantitative estimate of drug-likeness (QED) is 0.620. The molecule has 1 unspecified atom stereocenters. The van der Waals surface area contributed by atoms with E-state index in [0.717, 1.165) is 5.56 Å². The topological polar surface area (TPSA) is 84.6 Å². The van der Waals surface area contributed by atoms with Crippen LogP contribution in [0.1, 0.15) is 12.8 Å². The lowest BCUT2D eigenvalue weighted by molar-refractivity contribution is 0.179. The Labute approximate surface area is 140 Å². The molecule has 0 aliphatic rings. The molecule has 0 saturated heterocycles. The number of aliphatic imine (C=N–C) groups is 1. The largest absolute Gasteiger partial charge is 0.383 e. The molecule has 0 spiro atoms. The van der Waals surface area contributed by atoms with Crippen molar-refractivity contribution in [2.45, 2.75) is 19.5 Å². The van der Waals surface area contributed by atoms with Gasteiger partial charge >= 0.3 is 0 Å². The highest BCUT2D eigenvalue weighted by atomic mass is 35.5. The van der Waals surface area contributed by atoms with Gasteiger partial charge in [0.05, 0.1) is 13.2 Å². The molecule has 1 aromatic carbocycles. The third-order valence-electron chi connectivity index (χ3n) is 2.98. The summed E-state index contributed by atoms with van der Waals surface area (Å²) in [7, 11) is 3.35. The van der Waals surface area contributed by atoms with Crippen LogP contribution in [0.3, 0.4) is 0 Å². The van der Waals surface area contributed by atoms with E-state index in [1.165, 1.54) is 0 Å². The van der Waals surface area contributed by atoms with Gasteiger partial charge in [0.1, 0.15) is 0 Å². The number of rotatable bonds is 6. The second-order valence-electron chi connectivity index (χ2n) is 4.95. The molecule has 1 heterocycles. The van der Waals surface area contributed by atoms with E-state index in [1.807, 2.05) is 19.1 Å². The molecule has 1 aromatic heterocycles. The molecule has 124 valence electrons. The first-order chi connectivity index (χ1) is 11.1. The van der Waals surface area contributed by atoms with E-state index in [9.17, 15) is 0 Å². The number of aromatic nitrogens is 2. The van der Waals surface area contributed by atoms with Gasteiger partial charge in [0.2, 0.25) is 11.7 Å². The van der Waals surface area contributed by atoms with Crippen LogP contribution in [0.2, 0.25) is 5.02 Å². The van der Waals surface area contributed by atoms with Crippen molar-refractivity contribution in [2.75, 3.05) is 20.8 Å². The summed E-state index contributed by atoms with van der Waals surface area (Å²) in [4.78, 5) is 8.47. The van der Waals surface area contributed by atoms with Crippen LogP contribution in [0.25, 0.3) is 11.4 Å². The van der Waals surface area contributed by atoms with Crippen LogP contribution < -0.4 is 10.6 Å². The average Bonchev–Trinajstić information content (AvgIpc) is 3.00. The van der Waals surface area contributed by atoms with E-state index in [-0.39, 0.29) is 6.04 Å². The molecule has 0 bridgehead atoms. The Balaban J connectivity index is 1.94. The normalized spacial score (nSPS) is 13.0. The van der Waals surface area contributed by atoms with Gasteiger partial charge in [0, 0.05) is 30.8 Å². The van der Waals surface area contributed by atoms with Crippen molar-refractivity contribution in [3.8, 4) is 11.4 Å². The number of benzene rings is 1. The number of halogens is 1. The molecule has 0 aliphatic heterocycles. The summed E-state index contributed by atoms with van der Waals surface area (Å²) in [5.74, 6) is 1.60. The fraction of sp³-hybridized carbons (Fsp3) is 0.400. The Morgan fingerprint density at radius 2 is 2.30 bits per heavy atom. The molecular formula is C15H20ClN5O2. The van der Waals surface area contributed by atoms with Crippen LogP contribution in [0.5, 0.6) is 0 Å². The number of nitrogens with one attached hydrogen (secondary N) is 2. The van der Waals surface area contributed by atoms with E-state index < -0.39 is 0 Å². The van der Waals surface area contributed by atoms with Gasteiger partial charge in [-0.25, -0.2) is 0 Å². The maximum atomic E-state index is 5.96. The second-order valence-corrected chi connectivity index (χ2v) is 5.38. The number of ether oxygens (including phenoxy) is 1. The molecule has 0 radical (unpaired) electrons. The molecule has 0 aliphatic carbocycles. The summed E-state index contributed by atoms with van der Waals surface area (Å²) < 4.78 is 10.3. The predicted molar refractivity (Wildman–Crippen MR) is 89.4 cm³/mol. The zero-order valence-electron chi connectivity index (χ0n) is 13.3. The fourth-order valence-corrected chi connectivity index (χ4v) is 2.14. The maximum absolute atomic E-state index is 5.96. The van der Waals surface area contributed by atoms with Gasteiger partial charge in [0.15, 0.2) is 5.96 Å². The highest BCUT2D eigenvalue weighted by Gasteiger charge is 2.10. The van der Waals surface area contributed by atoms with Gasteiger partial charge in [0.25, 0.3) is 0 Å². The summed E-state index contributed by atoms with van der Waals surface area (Å²) >= 11 is 5.96. The van der Waals surface area contributed by atoms with E-state index in [2.05, 4.69) is 25.8 Å². The molecule has 2 aromatic rings. The summed E-state index contributed by atoms with van der Waals surface area (Å²) in [6.45, 7) is 2.95. The Kier molecular flexibility index (Phi) is 6.37. The Hall–Kier alpha value is -2.12. The van der Waals surface area contributed by atoms with Gasteiger partial charge in [-0.3, -0.25) is 4.99 Å². The standard InChI is InChI=1S/C15H20ClN5O2/c1-10(9-22-3)19-15(17-2)18-8-13-20-14(21-23-13)11-5-4-6-12(16)7-11/h4-7,10H,8-9H2,1-3H3,(H2,17,18,19). The third kappa shape index (κ3) is 5.22. The zero-order valence-corrected chi connectivity index (χ0v) is 14.1. The molecule has 2 rings (SSSR count). The van der Waals surface area contributed by atoms with Crippen molar-refractivity contribution in [3.63, 3.8) is 0 Å². The lowest BCUT2D eigenvalue weighted by Gasteiger charge is -2.16. The van der Waals surface area contributed by atoms with Crippen molar-refractivity contribution in [1.82, 2.24) is 20.8 Å². The van der Waals surface area contributed by atoms with Gasteiger partial charge in [-0.2, -0.15) is 4.98 Å². The Morgan fingerprint density at radius 1 is 1.48 bits per heavy atom. The average molecular weight is 338 g/mol. The highest BCUT2D eigenvalue weighted by Crippen LogP contribution is 2.19. The van der Waals surface area contributed by atoms with E-state index in [0.29, 0.717) is 35.8 Å². The number of methoxy groups -OCH3 is 1. The Morgan fingerprint density at radius 3 is 3.00 bits per heavy atom. The number of guanidine groups is 1. The summed E-state index contributed by atoms with van der Waals surface area (Å²) in [5.41, 5.74) is 0.809. The van der Waals surface area contributed by atoms with Crippen LogP contribution in [-0.4, -0.2) is 42.9 Å². The molecule has 8 heteroatoms. The zero-order chi connectivity index (χ0) is 16.7. The van der Waals surface area contributed by atoms with Crippen LogP contribution in [-0.2, 0) is 11.3 Å². The predicted octanol–water partition coefficient (Wildman–Crippen LogP) is 2.09. The van der Waals surface area contributed by atoms with Crippen molar-refractivity contribution in [2.24, 2.45) is 4.99 Å². The first kappa shape index (κ1) is 17.2. The monoisotopic (exact) mass is 337 g/mol. The van der Waals surface area contributed by atoms with E-state index >= 15 is 0 Å². The smallest absolute Gasteiger partial charge is 0.246 e. The van der Waals surface area contributed by atoms with E-state index in [4.69, 9.17) is 20.9 Å². The van der Waals surface area contributed by atoms with Crippen molar-refractivity contribution >= 4 is 17.6 Å². The maximum Gasteiger partial charge on any atom is 0.246 e. The minimum absolute atomic E-state index is 0.135. The van der Waals surface area contributed by atoms with Crippen LogP contribution in [0.15, 0.2) is 33.8 Å². The van der Waals surface area contributed by atoms with Crippen molar-refractivity contribution in [3.05, 3.63) is 35.2 Å². The van der Waals surface area contributed by atoms with Gasteiger partial charge < -0.3 is 19.9 Å². The lowest BCUT2D eigenvalue weighted by Crippen LogP contribution is -2.43. The van der Waals surface area contributed by atoms with Crippen molar-refractivity contribution < 1.29 is 9.26 Å². The third-order valence-corrected chi connectivity index (χ3v) is 3.22. The minimum atomic E-state index is 0.135. The summed E-state index contributed by atoms with van der Waals surface area (Å²) in [6, 6.07) is 7.44. The van der Waals surface area contributed by atoms with Crippen LogP contribution >= 0.6 is 11.6 Å². The van der Waals surface area contributed by atoms with Crippen molar-refractivity contribution in [1.29, 1.82) is 0 Å². The fourth-order valence-electron chi connectivity index (χ4n) is 1.95. The number of hydrogen-bond acceptors (Lipinski definition) is 5. The van der Waals surface area contributed by atoms with Gasteiger partial charge in [-0.05, 0) is 19.1 Å². The molecule has 0 saturated carbocycles. The van der Waals surface area contributed by atoms with Crippen LogP contribution in [0, 0.1) is 0 Å². The Bertz CT molecular complexity index is 659. The lowest BCUT2D eigenvalue weighted by atomic mass is 10.2. The number of hydrogen-bond donors (Lipinski definition) is 2. The molecular weight excluding hydrogens is 318 g/mol. The van der Waals surface area contributed by atoms with Gasteiger partial charge in [-0.15, -0.1) is 0 Å². The summed E-state index contributed by atoms with van der Waals surface area (Å²) in [6.07, 6.45) is 0. The number of nitrogens with zero attached hydrogens (tertiary/aromatic N) is 3. The molecule has 0 fully saturated rings. The summed E-state index contributed by atoms with van der Waals surface area (Å²) in [5, 5.41) is 10.9. The molecule has 23 heavy (non-hydrogen) atoms. The van der Waals surface area contributed by atoms with Crippen LogP contribution in [0.4, 0.5) is 0 Å². The minimum Gasteiger partial charge on any atom is -0.383 e. The van der Waals surface area contributed by atoms with Gasteiger partial charge in [-0.1, -0.05) is 28.9 Å². The molecule has 2 N–H and O–H groups in total. The van der Waals surface area contributed by atoms with E-state index in [1.54, 1.807) is 26.3 Å². The molecule has 0 amide bonds. The first-order valence-electron chi connectivity index (χ1n) is 7.17.